The van der Waals surface area contributed by atoms with Crippen molar-refractivity contribution in [2.75, 3.05) is 11.9 Å². The predicted octanol–water partition coefficient (Wildman–Crippen LogP) is 5.33. The Kier molecular flexibility index (Phi) is 4.92. The molecule has 0 bridgehead atoms. The lowest BCUT2D eigenvalue weighted by Crippen LogP contribution is -2.17. The summed E-state index contributed by atoms with van der Waals surface area (Å²) in [6.45, 7) is 0.764. The lowest BCUT2D eigenvalue weighted by Gasteiger charge is -2.18. The number of hydrogen-bond acceptors (Lipinski definition) is 4. The van der Waals surface area contributed by atoms with Gasteiger partial charge in [0.15, 0.2) is 5.82 Å². The number of pyridine rings is 2. The summed E-state index contributed by atoms with van der Waals surface area (Å²) in [5.74, 6) is 0.953. The van der Waals surface area contributed by atoms with E-state index in [0.29, 0.717) is 0 Å². The van der Waals surface area contributed by atoms with Crippen LogP contribution in [0.25, 0.3) is 33.3 Å². The van der Waals surface area contributed by atoms with E-state index in [1.165, 1.54) is 5.56 Å². The number of para-hydroxylation sites is 1. The molecule has 0 amide bonds. The van der Waals surface area contributed by atoms with Crippen LogP contribution >= 0.6 is 0 Å². The number of nitrogens with zero attached hydrogens (tertiary/aromatic N) is 5. The first kappa shape index (κ1) is 19.0. The van der Waals surface area contributed by atoms with E-state index in [-0.39, 0.29) is 0 Å². The fourth-order valence-electron chi connectivity index (χ4n) is 3.85. The van der Waals surface area contributed by atoms with Gasteiger partial charge in [-0.1, -0.05) is 48.5 Å². The number of aryl methyl sites for hydroxylation is 1. The zero-order valence-electron chi connectivity index (χ0n) is 17.6. The fraction of sp³-hybridized carbons (Fsp3) is 0.115. The predicted molar refractivity (Wildman–Crippen MR) is 126 cm³/mol. The van der Waals surface area contributed by atoms with Gasteiger partial charge in [-0.05, 0) is 35.4 Å². The quantitative estimate of drug-likeness (QED) is 0.396. The second kappa shape index (κ2) is 8.03. The second-order valence-electron chi connectivity index (χ2n) is 7.72. The highest BCUT2D eigenvalue weighted by atomic mass is 15.3. The first-order valence-corrected chi connectivity index (χ1v) is 10.3. The Hall–Kier alpha value is -3.99. The molecule has 152 valence electrons. The minimum atomic E-state index is 0.764. The Bertz CT molecular complexity index is 1320. The van der Waals surface area contributed by atoms with Crippen LogP contribution in [-0.4, -0.2) is 26.8 Å². The van der Waals surface area contributed by atoms with Crippen LogP contribution in [0.2, 0.25) is 0 Å². The maximum Gasteiger partial charge on any atom is 0.158 e. The fourth-order valence-corrected chi connectivity index (χ4v) is 3.85. The summed E-state index contributed by atoms with van der Waals surface area (Å²) in [6, 6.07) is 25.0. The molecule has 0 atom stereocenters. The van der Waals surface area contributed by atoms with Crippen LogP contribution in [-0.2, 0) is 13.6 Å². The van der Waals surface area contributed by atoms with E-state index in [1.54, 1.807) is 0 Å². The third-order valence-electron chi connectivity index (χ3n) is 5.43. The molecule has 0 saturated heterocycles. The van der Waals surface area contributed by atoms with Gasteiger partial charge in [0.25, 0.3) is 0 Å². The molecule has 3 heterocycles. The van der Waals surface area contributed by atoms with Crippen LogP contribution in [0.4, 0.5) is 5.82 Å². The van der Waals surface area contributed by atoms with E-state index in [2.05, 4.69) is 76.8 Å². The molecule has 0 unspecified atom stereocenters. The Morgan fingerprint density at radius 3 is 2.42 bits per heavy atom. The summed E-state index contributed by atoms with van der Waals surface area (Å²) in [7, 11) is 4.03. The van der Waals surface area contributed by atoms with Crippen molar-refractivity contribution in [2.24, 2.45) is 7.05 Å². The van der Waals surface area contributed by atoms with Crippen LogP contribution in [0, 0.1) is 0 Å². The van der Waals surface area contributed by atoms with Crippen molar-refractivity contribution in [3.63, 3.8) is 0 Å². The van der Waals surface area contributed by atoms with Gasteiger partial charge in [-0.2, -0.15) is 5.10 Å². The van der Waals surface area contributed by atoms with Crippen molar-refractivity contribution in [3.8, 4) is 22.4 Å². The van der Waals surface area contributed by atoms with Gasteiger partial charge in [0.1, 0.15) is 0 Å². The molecule has 0 N–H and O–H groups in total. The molecule has 0 aliphatic heterocycles. The summed E-state index contributed by atoms with van der Waals surface area (Å²) in [5, 5.41) is 5.85. The normalized spacial score (nSPS) is 11.0. The molecule has 0 spiro atoms. The van der Waals surface area contributed by atoms with Crippen LogP contribution in [0.5, 0.6) is 0 Å². The molecule has 5 nitrogen and oxygen atoms in total. The number of hydrogen-bond donors (Lipinski definition) is 0. The lowest BCUT2D eigenvalue weighted by atomic mass is 10.1. The van der Waals surface area contributed by atoms with E-state index in [1.807, 2.05) is 48.4 Å². The standard InChI is InChI=1S/C26H23N5/c1-30(26-23(18-31(2)29-26)20-13-15-27-16-14-20)17-19-7-9-22(10-8-19)25-12-11-21-5-3-4-6-24(21)28-25/h3-16,18H,17H2,1-2H3. The zero-order valence-corrected chi connectivity index (χ0v) is 17.6. The smallest absolute Gasteiger partial charge is 0.158 e. The third-order valence-corrected chi connectivity index (χ3v) is 5.43. The van der Waals surface area contributed by atoms with Crippen molar-refractivity contribution in [1.82, 2.24) is 19.7 Å². The van der Waals surface area contributed by atoms with Crippen LogP contribution < -0.4 is 4.90 Å². The maximum absolute atomic E-state index is 4.80. The van der Waals surface area contributed by atoms with Gasteiger partial charge in [-0.3, -0.25) is 9.67 Å². The van der Waals surface area contributed by atoms with Gasteiger partial charge in [-0.15, -0.1) is 0 Å². The SMILES string of the molecule is CN(Cc1ccc(-c2ccc3ccccc3n2)cc1)c1nn(C)cc1-c1ccncc1. The Morgan fingerprint density at radius 2 is 1.61 bits per heavy atom. The topological polar surface area (TPSA) is 46.8 Å². The summed E-state index contributed by atoms with van der Waals surface area (Å²) in [5.41, 5.74) is 6.56. The van der Waals surface area contributed by atoms with Crippen LogP contribution in [0.1, 0.15) is 5.56 Å². The summed E-state index contributed by atoms with van der Waals surface area (Å²) >= 11 is 0. The van der Waals surface area contributed by atoms with Gasteiger partial charge in [-0.25, -0.2) is 4.98 Å². The molecule has 0 fully saturated rings. The van der Waals surface area contributed by atoms with Gasteiger partial charge >= 0.3 is 0 Å². The second-order valence-corrected chi connectivity index (χ2v) is 7.72. The molecule has 0 saturated carbocycles. The highest BCUT2D eigenvalue weighted by Crippen LogP contribution is 2.29. The molecule has 0 aliphatic rings. The number of fused-ring (bicyclic) bond motifs is 1. The van der Waals surface area contributed by atoms with E-state index in [4.69, 9.17) is 4.98 Å². The molecule has 0 radical (unpaired) electrons. The average molecular weight is 406 g/mol. The van der Waals surface area contributed by atoms with Gasteiger partial charge in [0, 0.05) is 55.7 Å². The van der Waals surface area contributed by atoms with Gasteiger partial charge in [0.2, 0.25) is 0 Å². The van der Waals surface area contributed by atoms with Crippen LogP contribution in [0.15, 0.2) is 91.4 Å². The molecule has 0 aliphatic carbocycles. The minimum absolute atomic E-state index is 0.764. The van der Waals surface area contributed by atoms with Crippen molar-refractivity contribution in [2.45, 2.75) is 6.54 Å². The minimum Gasteiger partial charge on any atom is -0.353 e. The Labute approximate surface area is 181 Å². The van der Waals surface area contributed by atoms with Crippen molar-refractivity contribution < 1.29 is 0 Å². The van der Waals surface area contributed by atoms with E-state index in [9.17, 15) is 0 Å². The van der Waals surface area contributed by atoms with E-state index >= 15 is 0 Å². The summed E-state index contributed by atoms with van der Waals surface area (Å²) in [4.78, 5) is 11.1. The zero-order chi connectivity index (χ0) is 21.2. The first-order chi connectivity index (χ1) is 15.2. The number of aromatic nitrogens is 4. The summed E-state index contributed by atoms with van der Waals surface area (Å²) in [6.07, 6.45) is 5.67. The summed E-state index contributed by atoms with van der Waals surface area (Å²) < 4.78 is 1.86. The van der Waals surface area contributed by atoms with Gasteiger partial charge in [0.05, 0.1) is 11.2 Å². The van der Waals surface area contributed by atoms with Crippen molar-refractivity contribution >= 4 is 16.7 Å². The molecule has 5 rings (SSSR count). The first-order valence-electron chi connectivity index (χ1n) is 10.3. The molecule has 2 aromatic carbocycles. The molecular weight excluding hydrogens is 382 g/mol. The average Bonchev–Trinajstić information content (AvgIpc) is 3.22. The van der Waals surface area contributed by atoms with Crippen molar-refractivity contribution in [3.05, 3.63) is 97.0 Å². The Morgan fingerprint density at radius 1 is 0.839 bits per heavy atom. The van der Waals surface area contributed by atoms with E-state index < -0.39 is 0 Å². The number of anilines is 1. The highest BCUT2D eigenvalue weighted by Gasteiger charge is 2.14. The highest BCUT2D eigenvalue weighted by molar-refractivity contribution is 5.81. The molecule has 3 aromatic heterocycles. The van der Waals surface area contributed by atoms with Crippen molar-refractivity contribution in [1.29, 1.82) is 0 Å². The van der Waals surface area contributed by atoms with Gasteiger partial charge < -0.3 is 4.90 Å². The number of benzene rings is 2. The molecular formula is C26H23N5. The Balaban J connectivity index is 1.37. The molecule has 5 heteroatoms. The largest absolute Gasteiger partial charge is 0.353 e. The molecule has 5 aromatic rings. The molecule has 31 heavy (non-hydrogen) atoms. The van der Waals surface area contributed by atoms with E-state index in [0.717, 1.165) is 45.6 Å². The maximum atomic E-state index is 4.80. The lowest BCUT2D eigenvalue weighted by molar-refractivity contribution is 0.752. The monoisotopic (exact) mass is 405 g/mol. The third kappa shape index (κ3) is 3.90. The number of rotatable bonds is 5. The van der Waals surface area contributed by atoms with Crippen LogP contribution in [0.3, 0.4) is 0 Å².